The quantitative estimate of drug-likeness (QED) is 0.638. The zero-order valence-corrected chi connectivity index (χ0v) is 10.7. The summed E-state index contributed by atoms with van der Waals surface area (Å²) in [5.74, 6) is 0. The van der Waals surface area contributed by atoms with E-state index in [2.05, 4.69) is 0 Å². The van der Waals surface area contributed by atoms with Crippen molar-refractivity contribution in [3.63, 3.8) is 0 Å². The Balaban J connectivity index is 0. The van der Waals surface area contributed by atoms with Gasteiger partial charge in [0.05, 0.1) is 6.07 Å². The van der Waals surface area contributed by atoms with Crippen molar-refractivity contribution in [3.8, 4) is 6.07 Å². The van der Waals surface area contributed by atoms with Crippen LogP contribution in [0.15, 0.2) is 0 Å². The first kappa shape index (κ1) is 16.0. The van der Waals surface area contributed by atoms with Gasteiger partial charge >= 0.3 is 9.53 Å². The minimum atomic E-state index is -1.73. The second-order valence-corrected chi connectivity index (χ2v) is 3.74. The van der Waals surface area contributed by atoms with Gasteiger partial charge in [-0.2, -0.15) is 5.26 Å². The van der Waals surface area contributed by atoms with Crippen LogP contribution in [0.5, 0.6) is 0 Å². The van der Waals surface area contributed by atoms with Crippen molar-refractivity contribution in [3.05, 3.63) is 0 Å². The summed E-state index contributed by atoms with van der Waals surface area (Å²) in [4.78, 5) is 0. The van der Waals surface area contributed by atoms with Gasteiger partial charge in [-0.25, -0.2) is 0 Å². The van der Waals surface area contributed by atoms with Crippen molar-refractivity contribution < 1.29 is 13.3 Å². The average molecular weight is 219 g/mol. The predicted molar refractivity (Wildman–Crippen MR) is 57.9 cm³/mol. The van der Waals surface area contributed by atoms with Crippen LogP contribution in [-0.2, 0) is 13.3 Å². The second-order valence-electron chi connectivity index (χ2n) is 2.17. The lowest BCUT2D eigenvalue weighted by atomic mass is 10.6. The van der Waals surface area contributed by atoms with Crippen molar-refractivity contribution in [1.29, 1.82) is 5.26 Å². The fourth-order valence-corrected chi connectivity index (χ4v) is 1.66. The Kier molecular flexibility index (Phi) is 17.3. The van der Waals surface area contributed by atoms with Gasteiger partial charge < -0.3 is 13.3 Å². The Labute approximate surface area is 88.7 Å². The molecule has 0 saturated heterocycles. The normalized spacial score (nSPS) is 9.14. The summed E-state index contributed by atoms with van der Waals surface area (Å²) in [6.45, 7) is 9.68. The Morgan fingerprint density at radius 1 is 0.929 bits per heavy atom. The SMILES string of the molecule is CCC#N.CCO[SiH](OCC)OCC. The molecule has 0 aliphatic rings. The third-order valence-electron chi connectivity index (χ3n) is 1.07. The largest absolute Gasteiger partial charge is 0.484 e. The van der Waals surface area contributed by atoms with Crippen molar-refractivity contribution in [2.24, 2.45) is 0 Å². The van der Waals surface area contributed by atoms with Crippen molar-refractivity contribution in [1.82, 2.24) is 0 Å². The van der Waals surface area contributed by atoms with Gasteiger partial charge in [-0.15, -0.1) is 0 Å². The maximum Gasteiger partial charge on any atom is 0.484 e. The number of nitrogens with zero attached hydrogens (tertiary/aromatic N) is 1. The molecule has 0 N–H and O–H groups in total. The summed E-state index contributed by atoms with van der Waals surface area (Å²) < 4.78 is 15.7. The van der Waals surface area contributed by atoms with Gasteiger partial charge in [0.2, 0.25) is 0 Å². The van der Waals surface area contributed by atoms with E-state index in [9.17, 15) is 0 Å². The van der Waals surface area contributed by atoms with Crippen LogP contribution in [0.2, 0.25) is 0 Å². The Morgan fingerprint density at radius 3 is 1.36 bits per heavy atom. The molecule has 0 saturated carbocycles. The van der Waals surface area contributed by atoms with Gasteiger partial charge in [0.15, 0.2) is 0 Å². The second kappa shape index (κ2) is 15.1. The van der Waals surface area contributed by atoms with Crippen LogP contribution in [-0.4, -0.2) is 29.3 Å². The molecule has 14 heavy (non-hydrogen) atoms. The molecule has 0 aliphatic carbocycles. The Bertz CT molecular complexity index is 124. The molecular weight excluding hydrogens is 198 g/mol. The molecule has 84 valence electrons. The van der Waals surface area contributed by atoms with E-state index >= 15 is 0 Å². The zero-order valence-electron chi connectivity index (χ0n) is 9.58. The van der Waals surface area contributed by atoms with E-state index < -0.39 is 9.53 Å². The molecule has 0 aromatic carbocycles. The van der Waals surface area contributed by atoms with E-state index in [0.717, 1.165) is 0 Å². The first-order valence-corrected chi connectivity index (χ1v) is 6.39. The molecule has 0 aromatic rings. The van der Waals surface area contributed by atoms with E-state index in [1.165, 1.54) is 0 Å². The van der Waals surface area contributed by atoms with Gasteiger partial charge in [0.25, 0.3) is 0 Å². The number of rotatable bonds is 6. The molecule has 0 aromatic heterocycles. The third-order valence-corrected chi connectivity index (χ3v) is 2.88. The molecule has 0 rings (SSSR count). The molecule has 0 amide bonds. The maximum atomic E-state index is 7.62. The van der Waals surface area contributed by atoms with Crippen LogP contribution < -0.4 is 0 Å². The van der Waals surface area contributed by atoms with Crippen LogP contribution in [0, 0.1) is 11.3 Å². The standard InChI is InChI=1S/C6H16O3Si.C3H5N/c1-4-7-10(8-5-2)9-6-3;1-2-3-4/h10H,4-6H2,1-3H3;2H2,1H3. The van der Waals surface area contributed by atoms with Crippen molar-refractivity contribution in [2.45, 2.75) is 34.1 Å². The van der Waals surface area contributed by atoms with Gasteiger partial charge in [0.1, 0.15) is 0 Å². The summed E-state index contributed by atoms with van der Waals surface area (Å²) in [7, 11) is -1.73. The summed E-state index contributed by atoms with van der Waals surface area (Å²) in [5.41, 5.74) is 0. The van der Waals surface area contributed by atoms with Crippen LogP contribution >= 0.6 is 0 Å². The molecule has 0 heterocycles. The first-order valence-electron chi connectivity index (χ1n) is 4.98. The van der Waals surface area contributed by atoms with Gasteiger partial charge in [0, 0.05) is 26.2 Å². The van der Waals surface area contributed by atoms with Crippen molar-refractivity contribution >= 4 is 9.53 Å². The van der Waals surface area contributed by atoms with Gasteiger partial charge in [-0.05, 0) is 20.8 Å². The van der Waals surface area contributed by atoms with Crippen LogP contribution in [0.25, 0.3) is 0 Å². The van der Waals surface area contributed by atoms with Gasteiger partial charge in [-0.1, -0.05) is 6.92 Å². The summed E-state index contributed by atoms with van der Waals surface area (Å²) in [6, 6.07) is 1.93. The molecular formula is C9H21NO3Si. The highest BCUT2D eigenvalue weighted by molar-refractivity contribution is 6.36. The highest BCUT2D eigenvalue weighted by Gasteiger charge is 2.11. The number of hydrogen-bond donors (Lipinski definition) is 0. The molecule has 0 fully saturated rings. The summed E-state index contributed by atoms with van der Waals surface area (Å²) >= 11 is 0. The Morgan fingerprint density at radius 2 is 1.21 bits per heavy atom. The maximum absolute atomic E-state index is 7.62. The number of hydrogen-bond acceptors (Lipinski definition) is 4. The van der Waals surface area contributed by atoms with Crippen LogP contribution in [0.3, 0.4) is 0 Å². The lowest BCUT2D eigenvalue weighted by Gasteiger charge is -2.12. The molecule has 5 heteroatoms. The van der Waals surface area contributed by atoms with E-state index in [4.69, 9.17) is 18.5 Å². The molecule has 0 atom stereocenters. The highest BCUT2D eigenvalue weighted by atomic mass is 28.3. The molecule has 4 nitrogen and oxygen atoms in total. The smallest absolute Gasteiger partial charge is 0.376 e. The van der Waals surface area contributed by atoms with Crippen LogP contribution in [0.4, 0.5) is 0 Å². The van der Waals surface area contributed by atoms with Crippen molar-refractivity contribution in [2.75, 3.05) is 19.8 Å². The molecule has 0 radical (unpaired) electrons. The monoisotopic (exact) mass is 219 g/mol. The lowest BCUT2D eigenvalue weighted by Crippen LogP contribution is -2.27. The fourth-order valence-electron chi connectivity index (χ4n) is 0.553. The predicted octanol–water partition coefficient (Wildman–Crippen LogP) is 1.73. The average Bonchev–Trinajstić information content (AvgIpc) is 2.20. The Hall–Kier alpha value is -0.413. The third kappa shape index (κ3) is 14.1. The molecule has 0 bridgehead atoms. The van der Waals surface area contributed by atoms with E-state index in [1.807, 2.05) is 33.8 Å². The first-order chi connectivity index (χ1) is 6.76. The lowest BCUT2D eigenvalue weighted by molar-refractivity contribution is 0.107. The molecule has 0 aliphatic heterocycles. The minimum absolute atomic E-state index is 0.625. The highest BCUT2D eigenvalue weighted by Crippen LogP contribution is 1.90. The summed E-state index contributed by atoms with van der Waals surface area (Å²) in [5, 5.41) is 7.62. The fraction of sp³-hybridized carbons (Fsp3) is 0.889. The number of nitriles is 1. The molecule has 0 spiro atoms. The molecule has 0 unspecified atom stereocenters. The van der Waals surface area contributed by atoms with Crippen LogP contribution in [0.1, 0.15) is 34.1 Å². The zero-order chi connectivity index (χ0) is 11.2. The van der Waals surface area contributed by atoms with E-state index in [0.29, 0.717) is 26.2 Å². The minimum Gasteiger partial charge on any atom is -0.376 e. The van der Waals surface area contributed by atoms with E-state index in [-0.39, 0.29) is 0 Å². The van der Waals surface area contributed by atoms with E-state index in [1.54, 1.807) is 0 Å². The topological polar surface area (TPSA) is 51.5 Å². The summed E-state index contributed by atoms with van der Waals surface area (Å²) in [6.07, 6.45) is 0.625. The van der Waals surface area contributed by atoms with Gasteiger partial charge in [-0.3, -0.25) is 0 Å².